The van der Waals surface area contributed by atoms with Crippen molar-refractivity contribution in [1.82, 2.24) is 4.98 Å². The van der Waals surface area contributed by atoms with Gasteiger partial charge in [-0.15, -0.1) is 0 Å². The van der Waals surface area contributed by atoms with Crippen molar-refractivity contribution in [3.8, 4) is 11.3 Å². The Hall–Kier alpha value is -2.80. The van der Waals surface area contributed by atoms with Crippen LogP contribution in [0.15, 0.2) is 57.8 Å². The highest BCUT2D eigenvalue weighted by Crippen LogP contribution is 2.27. The lowest BCUT2D eigenvalue weighted by molar-refractivity contribution is 0.495. The molecule has 2 heterocycles. The fourth-order valence-corrected chi connectivity index (χ4v) is 4.59. The molecular weight excluding hydrogens is 374 g/mol. The maximum Gasteiger partial charge on any atom is 0.261 e. The van der Waals surface area contributed by atoms with Crippen molar-refractivity contribution >= 4 is 21.4 Å². The Morgan fingerprint density at radius 3 is 2.39 bits per heavy atom. The van der Waals surface area contributed by atoms with Gasteiger partial charge in [0.15, 0.2) is 5.89 Å². The van der Waals surface area contributed by atoms with E-state index in [2.05, 4.69) is 14.6 Å². The van der Waals surface area contributed by atoms with Gasteiger partial charge in [0.25, 0.3) is 10.0 Å². The van der Waals surface area contributed by atoms with Gasteiger partial charge in [0.1, 0.15) is 11.5 Å². The number of oxazole rings is 1. The minimum absolute atomic E-state index is 0.209. The van der Waals surface area contributed by atoms with Crippen LogP contribution < -0.4 is 9.62 Å². The second-order valence-corrected chi connectivity index (χ2v) is 8.69. The molecule has 1 aliphatic rings. The summed E-state index contributed by atoms with van der Waals surface area (Å²) < 4.78 is 33.7. The number of aryl methyl sites for hydroxylation is 2. The van der Waals surface area contributed by atoms with Crippen LogP contribution in [0.5, 0.6) is 0 Å². The van der Waals surface area contributed by atoms with E-state index in [4.69, 9.17) is 4.42 Å². The molecule has 1 N–H and O–H groups in total. The molecule has 0 saturated carbocycles. The molecule has 6 nitrogen and oxygen atoms in total. The number of anilines is 2. The molecule has 0 unspecified atom stereocenters. The van der Waals surface area contributed by atoms with Crippen LogP contribution >= 0.6 is 0 Å². The third-order valence-electron chi connectivity index (χ3n) is 4.91. The fraction of sp³-hybridized carbons (Fsp3) is 0.286. The molecule has 1 aromatic heterocycles. The van der Waals surface area contributed by atoms with Gasteiger partial charge in [0.05, 0.1) is 10.6 Å². The number of nitrogens with zero attached hydrogens (tertiary/aromatic N) is 2. The van der Waals surface area contributed by atoms with E-state index in [1.807, 2.05) is 25.1 Å². The lowest BCUT2D eigenvalue weighted by Crippen LogP contribution is -2.18. The molecular formula is C21H23N3O3S. The first kappa shape index (κ1) is 18.6. The number of nitrogens with one attached hydrogen (secondary N) is 1. The van der Waals surface area contributed by atoms with Crippen molar-refractivity contribution in [2.24, 2.45) is 0 Å². The first-order valence-corrected chi connectivity index (χ1v) is 10.8. The molecule has 0 amide bonds. The van der Waals surface area contributed by atoms with Crippen LogP contribution in [0.4, 0.5) is 11.4 Å². The predicted octanol–water partition coefficient (Wildman–Crippen LogP) is 4.36. The largest absolute Gasteiger partial charge is 0.446 e. The zero-order valence-corrected chi connectivity index (χ0v) is 16.8. The molecule has 7 heteroatoms. The molecule has 1 aliphatic heterocycles. The van der Waals surface area contributed by atoms with E-state index in [1.165, 1.54) is 12.8 Å². The minimum Gasteiger partial charge on any atom is -0.446 e. The van der Waals surface area contributed by atoms with Gasteiger partial charge in [0.2, 0.25) is 0 Å². The highest BCUT2D eigenvalue weighted by molar-refractivity contribution is 7.92. The van der Waals surface area contributed by atoms with Gasteiger partial charge in [0, 0.05) is 31.3 Å². The first-order chi connectivity index (χ1) is 13.4. The normalized spacial score (nSPS) is 14.4. The molecule has 0 bridgehead atoms. The first-order valence-electron chi connectivity index (χ1n) is 9.35. The van der Waals surface area contributed by atoms with E-state index in [9.17, 15) is 8.42 Å². The third kappa shape index (κ3) is 3.75. The van der Waals surface area contributed by atoms with Crippen molar-refractivity contribution < 1.29 is 12.8 Å². The number of aromatic nitrogens is 1. The second kappa shape index (κ2) is 7.31. The van der Waals surface area contributed by atoms with Crippen molar-refractivity contribution in [1.29, 1.82) is 0 Å². The molecule has 4 rings (SSSR count). The van der Waals surface area contributed by atoms with E-state index >= 15 is 0 Å². The van der Waals surface area contributed by atoms with Gasteiger partial charge in [-0.05, 0) is 50.1 Å². The van der Waals surface area contributed by atoms with E-state index in [-0.39, 0.29) is 4.90 Å². The highest BCUT2D eigenvalue weighted by atomic mass is 32.2. The topological polar surface area (TPSA) is 75.4 Å². The van der Waals surface area contributed by atoms with E-state index in [1.54, 1.807) is 37.3 Å². The molecule has 146 valence electrons. The number of hydrogen-bond acceptors (Lipinski definition) is 5. The maximum atomic E-state index is 12.8. The molecule has 0 radical (unpaired) electrons. The van der Waals surface area contributed by atoms with Crippen LogP contribution in [0.3, 0.4) is 0 Å². The quantitative estimate of drug-likeness (QED) is 0.692. The summed E-state index contributed by atoms with van der Waals surface area (Å²) in [6, 6.07) is 14.2. The van der Waals surface area contributed by atoms with Crippen molar-refractivity contribution in [3.05, 3.63) is 60.2 Å². The average molecular weight is 398 g/mol. The van der Waals surface area contributed by atoms with Gasteiger partial charge < -0.3 is 9.32 Å². The predicted molar refractivity (Wildman–Crippen MR) is 110 cm³/mol. The molecule has 28 heavy (non-hydrogen) atoms. The smallest absolute Gasteiger partial charge is 0.261 e. The Kier molecular flexibility index (Phi) is 4.85. The highest BCUT2D eigenvalue weighted by Gasteiger charge is 2.17. The summed E-state index contributed by atoms with van der Waals surface area (Å²) in [4.78, 5) is 6.83. The summed E-state index contributed by atoms with van der Waals surface area (Å²) in [5, 5.41) is 0. The Morgan fingerprint density at radius 1 is 1.04 bits per heavy atom. The summed E-state index contributed by atoms with van der Waals surface area (Å²) in [7, 11) is -3.67. The van der Waals surface area contributed by atoms with Crippen LogP contribution in [0.2, 0.25) is 0 Å². The maximum absolute atomic E-state index is 12.8. The van der Waals surface area contributed by atoms with Gasteiger partial charge in [-0.1, -0.05) is 18.2 Å². The van der Waals surface area contributed by atoms with Gasteiger partial charge in [-0.25, -0.2) is 13.4 Å². The summed E-state index contributed by atoms with van der Waals surface area (Å²) >= 11 is 0. The number of rotatable bonds is 5. The molecule has 1 fully saturated rings. The number of benzene rings is 2. The Labute approximate surface area is 165 Å². The Bertz CT molecular complexity index is 1080. The third-order valence-corrected chi connectivity index (χ3v) is 6.31. The molecule has 0 aliphatic carbocycles. The summed E-state index contributed by atoms with van der Waals surface area (Å²) in [6.07, 6.45) is 2.35. The average Bonchev–Trinajstić information content (AvgIpc) is 3.31. The van der Waals surface area contributed by atoms with Crippen LogP contribution in [0.1, 0.15) is 24.5 Å². The van der Waals surface area contributed by atoms with Gasteiger partial charge >= 0.3 is 0 Å². The molecule has 0 spiro atoms. The zero-order valence-electron chi connectivity index (χ0n) is 16.0. The molecule has 3 aromatic rings. The molecule has 0 atom stereocenters. The van der Waals surface area contributed by atoms with E-state index in [0.717, 1.165) is 30.0 Å². The lowest BCUT2D eigenvalue weighted by Gasteiger charge is -2.18. The van der Waals surface area contributed by atoms with Crippen LogP contribution in [-0.4, -0.2) is 26.5 Å². The van der Waals surface area contributed by atoms with Crippen LogP contribution in [0, 0.1) is 13.8 Å². The summed E-state index contributed by atoms with van der Waals surface area (Å²) in [5.74, 6) is 1.30. The fourth-order valence-electron chi connectivity index (χ4n) is 3.54. The SMILES string of the molecule is Cc1nc(-c2ccc(S(=O)(=O)Nc3cccc(N4CCCC4)c3)cc2)c(C)o1. The Morgan fingerprint density at radius 2 is 1.75 bits per heavy atom. The molecule has 2 aromatic carbocycles. The van der Waals surface area contributed by atoms with Crippen LogP contribution in [0.25, 0.3) is 11.3 Å². The summed E-state index contributed by atoms with van der Waals surface area (Å²) in [6.45, 7) is 5.65. The standard InChI is InChI=1S/C21H23N3O3S/c1-15-21(22-16(2)27-15)17-8-10-20(11-9-17)28(25,26)23-18-6-5-7-19(14-18)24-12-3-4-13-24/h5-11,14,23H,3-4,12-13H2,1-2H3. The second-order valence-electron chi connectivity index (χ2n) is 7.01. The lowest BCUT2D eigenvalue weighted by atomic mass is 10.1. The van der Waals surface area contributed by atoms with E-state index < -0.39 is 10.0 Å². The van der Waals surface area contributed by atoms with Crippen molar-refractivity contribution in [3.63, 3.8) is 0 Å². The van der Waals surface area contributed by atoms with Crippen LogP contribution in [-0.2, 0) is 10.0 Å². The zero-order chi connectivity index (χ0) is 19.7. The monoisotopic (exact) mass is 397 g/mol. The number of sulfonamides is 1. The molecule has 1 saturated heterocycles. The van der Waals surface area contributed by atoms with Crippen molar-refractivity contribution in [2.45, 2.75) is 31.6 Å². The Balaban J connectivity index is 1.55. The van der Waals surface area contributed by atoms with Crippen molar-refractivity contribution in [2.75, 3.05) is 22.7 Å². The van der Waals surface area contributed by atoms with E-state index in [0.29, 0.717) is 17.3 Å². The van der Waals surface area contributed by atoms with Gasteiger partial charge in [-0.2, -0.15) is 0 Å². The van der Waals surface area contributed by atoms with Gasteiger partial charge in [-0.3, -0.25) is 4.72 Å². The summed E-state index contributed by atoms with van der Waals surface area (Å²) in [5.41, 5.74) is 3.17. The number of hydrogen-bond donors (Lipinski definition) is 1. The minimum atomic E-state index is -3.67.